The predicted octanol–water partition coefficient (Wildman–Crippen LogP) is 3.00. The molecule has 148 valence electrons. The van der Waals surface area contributed by atoms with Crippen LogP contribution < -0.4 is 5.32 Å². The summed E-state index contributed by atoms with van der Waals surface area (Å²) in [6, 6.07) is 14.2. The van der Waals surface area contributed by atoms with Crippen LogP contribution in [0.4, 0.5) is 9.18 Å². The number of rotatable bonds is 4. The van der Waals surface area contributed by atoms with Crippen molar-refractivity contribution in [3.8, 4) is 17.9 Å². The van der Waals surface area contributed by atoms with Gasteiger partial charge in [0.2, 0.25) is 0 Å². The van der Waals surface area contributed by atoms with Gasteiger partial charge in [-0.15, -0.1) is 0 Å². The molecule has 3 atom stereocenters. The van der Waals surface area contributed by atoms with E-state index < -0.39 is 12.1 Å². The van der Waals surface area contributed by atoms with Crippen molar-refractivity contribution in [1.29, 1.82) is 5.26 Å². The van der Waals surface area contributed by atoms with E-state index >= 15 is 0 Å². The number of hydrogen-bond acceptors (Lipinski definition) is 3. The van der Waals surface area contributed by atoms with Crippen molar-refractivity contribution < 1.29 is 14.3 Å². The number of hydrogen-bond donors (Lipinski definition) is 2. The summed E-state index contributed by atoms with van der Waals surface area (Å²) >= 11 is 0. The number of aliphatic hydroxyl groups excluding tert-OH is 1. The second-order valence-electron chi connectivity index (χ2n) is 6.87. The van der Waals surface area contributed by atoms with E-state index in [-0.39, 0.29) is 24.4 Å². The van der Waals surface area contributed by atoms with E-state index in [1.54, 1.807) is 12.1 Å². The standard InChI is InChI=1S/C23H22FN3O2/c1-2-12-26-23(29)27-20(14-25)22(21(27)15-28)18-10-8-16(9-11-18)6-7-17-4-3-5-19(24)13-17/h3-5,8-11,13,20-22,28H,2,12,15H2,1H3,(H,26,29)/t20-,21-,22+/m0/s1. The van der Waals surface area contributed by atoms with E-state index in [9.17, 15) is 19.6 Å². The lowest BCUT2D eigenvalue weighted by molar-refractivity contribution is 0.0169. The maximum atomic E-state index is 13.2. The Balaban J connectivity index is 1.75. The molecule has 0 bridgehead atoms. The molecule has 2 amide bonds. The van der Waals surface area contributed by atoms with Gasteiger partial charge < -0.3 is 15.3 Å². The fourth-order valence-electron chi connectivity index (χ4n) is 3.51. The lowest BCUT2D eigenvalue weighted by Gasteiger charge is -2.51. The van der Waals surface area contributed by atoms with Gasteiger partial charge in [0.15, 0.2) is 0 Å². The van der Waals surface area contributed by atoms with Crippen LogP contribution >= 0.6 is 0 Å². The van der Waals surface area contributed by atoms with Crippen LogP contribution in [0.5, 0.6) is 0 Å². The summed E-state index contributed by atoms with van der Waals surface area (Å²) in [5, 5.41) is 22.1. The monoisotopic (exact) mass is 391 g/mol. The topological polar surface area (TPSA) is 76.4 Å². The Hall–Kier alpha value is -3.35. The number of halogens is 1. The number of amides is 2. The van der Waals surface area contributed by atoms with Gasteiger partial charge in [-0.25, -0.2) is 9.18 Å². The zero-order chi connectivity index (χ0) is 20.8. The molecule has 1 saturated heterocycles. The number of nitrogens with zero attached hydrogens (tertiary/aromatic N) is 2. The molecule has 2 aromatic carbocycles. The van der Waals surface area contributed by atoms with Gasteiger partial charge in [0.25, 0.3) is 0 Å². The Morgan fingerprint density at radius 1 is 1.21 bits per heavy atom. The van der Waals surface area contributed by atoms with Crippen LogP contribution in [0.25, 0.3) is 0 Å². The number of benzene rings is 2. The Bertz CT molecular complexity index is 972. The molecule has 0 unspecified atom stereocenters. The van der Waals surface area contributed by atoms with Gasteiger partial charge in [-0.3, -0.25) is 0 Å². The highest BCUT2D eigenvalue weighted by Crippen LogP contribution is 2.40. The van der Waals surface area contributed by atoms with E-state index in [4.69, 9.17) is 0 Å². The molecule has 2 N–H and O–H groups in total. The maximum Gasteiger partial charge on any atom is 0.318 e. The van der Waals surface area contributed by atoms with Crippen molar-refractivity contribution in [3.05, 3.63) is 71.0 Å². The maximum absolute atomic E-state index is 13.2. The summed E-state index contributed by atoms with van der Waals surface area (Å²) in [7, 11) is 0. The quantitative estimate of drug-likeness (QED) is 0.787. The van der Waals surface area contributed by atoms with E-state index in [0.29, 0.717) is 12.1 Å². The fraction of sp³-hybridized carbons (Fsp3) is 0.304. The van der Waals surface area contributed by atoms with E-state index in [1.807, 2.05) is 31.2 Å². The smallest absolute Gasteiger partial charge is 0.318 e. The summed E-state index contributed by atoms with van der Waals surface area (Å²) < 4.78 is 13.2. The first-order valence-electron chi connectivity index (χ1n) is 9.53. The van der Waals surface area contributed by atoms with Crippen LogP contribution in [0, 0.1) is 29.0 Å². The van der Waals surface area contributed by atoms with Crippen LogP contribution in [-0.2, 0) is 0 Å². The molecule has 0 radical (unpaired) electrons. The molecule has 0 aromatic heterocycles. The van der Waals surface area contributed by atoms with E-state index in [1.165, 1.54) is 17.0 Å². The summed E-state index contributed by atoms with van der Waals surface area (Å²) in [6.07, 6.45) is 0.794. The molecular formula is C23H22FN3O2. The number of urea groups is 1. The third-order valence-corrected chi connectivity index (χ3v) is 4.96. The summed E-state index contributed by atoms with van der Waals surface area (Å²) in [5.74, 6) is 5.31. The predicted molar refractivity (Wildman–Crippen MR) is 107 cm³/mol. The summed E-state index contributed by atoms with van der Waals surface area (Å²) in [4.78, 5) is 13.7. The SMILES string of the molecule is CCCNC(=O)N1[C@@H](C#N)[C@@H](c2ccc(C#Cc3cccc(F)c3)cc2)[C@@H]1CO. The van der Waals surface area contributed by atoms with Crippen molar-refractivity contribution >= 4 is 6.03 Å². The van der Waals surface area contributed by atoms with Crippen molar-refractivity contribution in [1.82, 2.24) is 10.2 Å². The number of carbonyl (C=O) groups excluding carboxylic acids is 1. The second-order valence-corrected chi connectivity index (χ2v) is 6.87. The van der Waals surface area contributed by atoms with Crippen LogP contribution in [0.2, 0.25) is 0 Å². The molecule has 2 aromatic rings. The van der Waals surface area contributed by atoms with Crippen LogP contribution in [0.3, 0.4) is 0 Å². The van der Waals surface area contributed by atoms with Gasteiger partial charge in [0, 0.05) is 23.6 Å². The zero-order valence-electron chi connectivity index (χ0n) is 16.1. The molecule has 5 nitrogen and oxygen atoms in total. The summed E-state index contributed by atoms with van der Waals surface area (Å²) in [6.45, 7) is 2.25. The molecule has 1 fully saturated rings. The highest BCUT2D eigenvalue weighted by Gasteiger charge is 2.51. The van der Waals surface area contributed by atoms with Gasteiger partial charge in [-0.2, -0.15) is 5.26 Å². The van der Waals surface area contributed by atoms with Gasteiger partial charge in [-0.1, -0.05) is 37.0 Å². The van der Waals surface area contributed by atoms with Crippen molar-refractivity contribution in [3.63, 3.8) is 0 Å². The number of nitriles is 1. The Morgan fingerprint density at radius 2 is 1.93 bits per heavy atom. The molecule has 3 rings (SSSR count). The average Bonchev–Trinajstić information content (AvgIpc) is 2.71. The average molecular weight is 391 g/mol. The fourth-order valence-corrected chi connectivity index (χ4v) is 3.51. The molecule has 1 heterocycles. The normalized spacial score (nSPS) is 20.1. The van der Waals surface area contributed by atoms with Gasteiger partial charge in [-0.05, 0) is 42.3 Å². The molecule has 1 aliphatic heterocycles. The van der Waals surface area contributed by atoms with Crippen molar-refractivity contribution in [2.75, 3.05) is 13.2 Å². The number of nitrogens with one attached hydrogen (secondary N) is 1. The number of likely N-dealkylation sites (tertiary alicyclic amines) is 1. The lowest BCUT2D eigenvalue weighted by Crippen LogP contribution is -2.67. The van der Waals surface area contributed by atoms with Crippen molar-refractivity contribution in [2.24, 2.45) is 0 Å². The lowest BCUT2D eigenvalue weighted by atomic mass is 9.76. The van der Waals surface area contributed by atoms with Gasteiger partial charge in [0.05, 0.1) is 18.7 Å². The minimum Gasteiger partial charge on any atom is -0.394 e. The first-order chi connectivity index (χ1) is 14.1. The van der Waals surface area contributed by atoms with Gasteiger partial charge in [0.1, 0.15) is 11.9 Å². The third kappa shape index (κ3) is 4.39. The van der Waals surface area contributed by atoms with Gasteiger partial charge >= 0.3 is 6.03 Å². The van der Waals surface area contributed by atoms with Crippen LogP contribution in [-0.4, -0.2) is 41.3 Å². The number of carbonyl (C=O) groups is 1. The second kappa shape index (κ2) is 9.23. The van der Waals surface area contributed by atoms with E-state index in [0.717, 1.165) is 17.5 Å². The van der Waals surface area contributed by atoms with Crippen LogP contribution in [0.15, 0.2) is 48.5 Å². The van der Waals surface area contributed by atoms with E-state index in [2.05, 4.69) is 23.2 Å². The van der Waals surface area contributed by atoms with Crippen molar-refractivity contribution in [2.45, 2.75) is 31.3 Å². The Morgan fingerprint density at radius 3 is 2.55 bits per heavy atom. The molecule has 29 heavy (non-hydrogen) atoms. The number of aliphatic hydroxyl groups is 1. The molecule has 0 saturated carbocycles. The first-order valence-corrected chi connectivity index (χ1v) is 9.53. The van der Waals surface area contributed by atoms with Crippen LogP contribution in [0.1, 0.15) is 36.0 Å². The molecule has 0 aliphatic carbocycles. The zero-order valence-corrected chi connectivity index (χ0v) is 16.1. The third-order valence-electron chi connectivity index (χ3n) is 4.96. The molecular weight excluding hydrogens is 369 g/mol. The largest absolute Gasteiger partial charge is 0.394 e. The highest BCUT2D eigenvalue weighted by molar-refractivity contribution is 5.77. The minimum atomic E-state index is -0.631. The molecule has 1 aliphatic rings. The minimum absolute atomic E-state index is 0.219. The Kier molecular flexibility index (Phi) is 6.49. The molecule has 6 heteroatoms. The summed E-state index contributed by atoms with van der Waals surface area (Å²) in [5.41, 5.74) is 2.21. The Labute approximate surface area is 169 Å². The first kappa shape index (κ1) is 20.4. The molecule has 0 spiro atoms. The highest BCUT2D eigenvalue weighted by atomic mass is 19.1.